The molecular formula is C39H49ClMgN2O9. The van der Waals surface area contributed by atoms with Crippen molar-refractivity contribution in [2.24, 2.45) is 5.92 Å². The third kappa shape index (κ3) is 11.8. The van der Waals surface area contributed by atoms with Crippen LogP contribution in [0.2, 0.25) is 0 Å². The van der Waals surface area contributed by atoms with Crippen molar-refractivity contribution in [1.29, 1.82) is 0 Å². The number of hydrogen-bond acceptors (Lipinski definition) is 9. The quantitative estimate of drug-likeness (QED) is 0.149. The molecule has 4 aliphatic rings. The normalized spacial score (nSPS) is 19.1. The fourth-order valence-electron chi connectivity index (χ4n) is 6.95. The zero-order valence-corrected chi connectivity index (χ0v) is 32.7. The summed E-state index contributed by atoms with van der Waals surface area (Å²) in [4.78, 5) is 75.5. The predicted octanol–water partition coefficient (Wildman–Crippen LogP) is 1.33. The van der Waals surface area contributed by atoms with Crippen molar-refractivity contribution in [2.45, 2.75) is 102 Å². The number of amides is 2. The van der Waals surface area contributed by atoms with Crippen molar-refractivity contribution in [2.75, 3.05) is 21.3 Å². The van der Waals surface area contributed by atoms with Gasteiger partial charge in [0.2, 0.25) is 5.78 Å². The Morgan fingerprint density at radius 1 is 0.596 bits per heavy atom. The Labute approximate surface area is 329 Å². The number of ether oxygens (including phenoxy) is 3. The van der Waals surface area contributed by atoms with E-state index in [1.165, 1.54) is 56.1 Å². The second kappa shape index (κ2) is 22.6. The van der Waals surface area contributed by atoms with Gasteiger partial charge in [0.15, 0.2) is 0 Å². The summed E-state index contributed by atoms with van der Waals surface area (Å²) in [6, 6.07) is 13.7. The minimum Gasteiger partial charge on any atom is -1.00 e. The number of fused-ring (bicyclic) bond motifs is 2. The fourth-order valence-corrected chi connectivity index (χ4v) is 6.95. The zero-order chi connectivity index (χ0) is 36.0. The molecule has 0 aromatic heterocycles. The van der Waals surface area contributed by atoms with Crippen molar-refractivity contribution in [3.63, 3.8) is 0 Å². The summed E-state index contributed by atoms with van der Waals surface area (Å²) in [7, 11) is 3.70. The van der Waals surface area contributed by atoms with E-state index in [0.717, 1.165) is 61.5 Å². The summed E-state index contributed by atoms with van der Waals surface area (Å²) in [6.45, 7) is 0.469. The molecule has 0 saturated heterocycles. The summed E-state index contributed by atoms with van der Waals surface area (Å²) in [5.41, 5.74) is 3.89. The van der Waals surface area contributed by atoms with E-state index in [9.17, 15) is 28.8 Å². The molecule has 2 aliphatic heterocycles. The van der Waals surface area contributed by atoms with Gasteiger partial charge >= 0.3 is 46.9 Å². The van der Waals surface area contributed by atoms with Crippen LogP contribution in [0.5, 0.6) is 0 Å². The SMILES string of the molecule is COC(=O)C(=O)N1Cc2ccccc2CC1C(=O)OC.COC(=O)C1Cc2ccccc2CN1C(=O)C(=O)C1CCCCC1.[CH-]1CCCCC1.[Cl-].[Mg+2]. The number of carbonyl (C=O) groups excluding carboxylic acids is 6. The standard InChI is InChI=1S/C19H23NO4.C14H15NO5.C6H11.ClH.Mg/c1-24-19(23)16-11-14-9-5-6-10-15(14)12-20(16)18(22)17(21)13-7-3-2-4-8-13;1-19-13(17)11-7-9-5-3-4-6-10(9)8-15(11)12(16)14(18)20-2;1-2-4-6-5-3-1;;/h5-6,9-10,13,16H,2-4,7-8,11-12H2,1H3;3-6,11H,7-8H2,1-2H3;1H,2-6H2;1H;/q;;-1;;+2/p-1. The van der Waals surface area contributed by atoms with Crippen LogP contribution in [0.15, 0.2) is 48.5 Å². The maximum Gasteiger partial charge on any atom is 2.00 e. The molecule has 0 N–H and O–H groups in total. The van der Waals surface area contributed by atoms with Crippen molar-refractivity contribution < 1.29 is 55.4 Å². The van der Waals surface area contributed by atoms with E-state index in [1.54, 1.807) is 0 Å². The molecule has 2 fully saturated rings. The molecule has 13 heteroatoms. The number of rotatable bonds is 4. The molecule has 2 unspecified atom stereocenters. The van der Waals surface area contributed by atoms with E-state index in [0.29, 0.717) is 12.8 Å². The van der Waals surface area contributed by atoms with Crippen LogP contribution in [0.3, 0.4) is 0 Å². The Hall–Kier alpha value is -3.48. The van der Waals surface area contributed by atoms with Gasteiger partial charge < -0.3 is 42.8 Å². The van der Waals surface area contributed by atoms with E-state index >= 15 is 0 Å². The Morgan fingerprint density at radius 2 is 1.02 bits per heavy atom. The van der Waals surface area contributed by atoms with Gasteiger partial charge in [-0.1, -0.05) is 87.1 Å². The molecule has 52 heavy (non-hydrogen) atoms. The van der Waals surface area contributed by atoms with Crippen LogP contribution in [-0.2, 0) is 68.9 Å². The number of Topliss-reactive ketones (excluding diaryl/α,β-unsaturated/α-hetero) is 1. The monoisotopic (exact) mass is 748 g/mol. The van der Waals surface area contributed by atoms with E-state index in [1.807, 2.05) is 48.5 Å². The molecule has 2 aromatic rings. The largest absolute Gasteiger partial charge is 2.00 e. The summed E-state index contributed by atoms with van der Waals surface area (Å²) in [5.74, 6) is -3.90. The average molecular weight is 750 g/mol. The van der Waals surface area contributed by atoms with E-state index in [-0.39, 0.29) is 60.3 Å². The van der Waals surface area contributed by atoms with Crippen molar-refractivity contribution >= 4 is 58.6 Å². The summed E-state index contributed by atoms with van der Waals surface area (Å²) < 4.78 is 14.0. The average Bonchev–Trinajstić information content (AvgIpc) is 3.19. The molecule has 0 radical (unpaired) electrons. The molecule has 0 spiro atoms. The van der Waals surface area contributed by atoms with Crippen LogP contribution in [0, 0.1) is 12.3 Å². The van der Waals surface area contributed by atoms with Crippen molar-refractivity contribution in [3.05, 3.63) is 77.2 Å². The van der Waals surface area contributed by atoms with Gasteiger partial charge in [0, 0.05) is 31.8 Å². The van der Waals surface area contributed by atoms with Crippen LogP contribution in [0.25, 0.3) is 0 Å². The smallest absolute Gasteiger partial charge is 1.00 e. The molecule has 2 aliphatic carbocycles. The Morgan fingerprint density at radius 3 is 1.40 bits per heavy atom. The van der Waals surface area contributed by atoms with Crippen molar-refractivity contribution in [1.82, 2.24) is 9.80 Å². The summed E-state index contributed by atoms with van der Waals surface area (Å²) in [5, 5.41) is 0. The molecule has 278 valence electrons. The molecule has 2 aromatic carbocycles. The first-order valence-electron chi connectivity index (χ1n) is 17.5. The van der Waals surface area contributed by atoms with Gasteiger partial charge in [0.1, 0.15) is 12.1 Å². The first-order valence-corrected chi connectivity index (χ1v) is 17.5. The van der Waals surface area contributed by atoms with Crippen LogP contribution < -0.4 is 12.4 Å². The van der Waals surface area contributed by atoms with E-state index in [2.05, 4.69) is 11.2 Å². The topological polar surface area (TPSA) is 137 Å². The number of hydrogen-bond donors (Lipinski definition) is 0. The van der Waals surface area contributed by atoms with Gasteiger partial charge in [0.25, 0.3) is 5.91 Å². The van der Waals surface area contributed by atoms with Crippen molar-refractivity contribution in [3.8, 4) is 0 Å². The minimum atomic E-state index is -0.988. The molecule has 2 heterocycles. The number of nitrogens with zero attached hydrogens (tertiary/aromatic N) is 2. The summed E-state index contributed by atoms with van der Waals surface area (Å²) in [6.07, 6.45) is 14.9. The van der Waals surface area contributed by atoms with Gasteiger partial charge in [-0.3, -0.25) is 14.4 Å². The predicted molar refractivity (Wildman–Crippen MR) is 190 cm³/mol. The van der Waals surface area contributed by atoms with Gasteiger partial charge in [0.05, 0.1) is 21.3 Å². The number of methoxy groups -OCH3 is 3. The van der Waals surface area contributed by atoms with E-state index < -0.39 is 41.8 Å². The minimum absolute atomic E-state index is 0. The van der Waals surface area contributed by atoms with Crippen LogP contribution in [-0.4, -0.2) is 102 Å². The maximum absolute atomic E-state index is 12.8. The van der Waals surface area contributed by atoms with Gasteiger partial charge in [-0.2, -0.15) is 12.8 Å². The molecular weight excluding hydrogens is 700 g/mol. The molecule has 11 nitrogen and oxygen atoms in total. The number of halogens is 1. The number of esters is 3. The van der Waals surface area contributed by atoms with Crippen LogP contribution in [0.4, 0.5) is 0 Å². The number of carbonyl (C=O) groups is 6. The van der Waals surface area contributed by atoms with E-state index in [4.69, 9.17) is 9.47 Å². The fraction of sp³-hybridized carbons (Fsp3) is 0.513. The Balaban J connectivity index is 0.000000303. The van der Waals surface area contributed by atoms with Gasteiger partial charge in [-0.05, 0) is 35.1 Å². The first kappa shape index (κ1) is 44.7. The maximum atomic E-state index is 12.8. The van der Waals surface area contributed by atoms with Crippen LogP contribution in [0.1, 0.15) is 86.5 Å². The zero-order valence-electron chi connectivity index (χ0n) is 30.5. The molecule has 0 bridgehead atoms. The second-order valence-electron chi connectivity index (χ2n) is 13.0. The molecule has 2 amide bonds. The second-order valence-corrected chi connectivity index (χ2v) is 13.0. The number of ketones is 1. The third-order valence-corrected chi connectivity index (χ3v) is 9.83. The first-order chi connectivity index (χ1) is 24.2. The van der Waals surface area contributed by atoms with Gasteiger partial charge in [-0.25, -0.2) is 14.4 Å². The Bertz CT molecular complexity index is 1520. The summed E-state index contributed by atoms with van der Waals surface area (Å²) >= 11 is 0. The Kier molecular flexibility index (Phi) is 19.4. The van der Waals surface area contributed by atoms with Gasteiger partial charge in [-0.15, -0.1) is 0 Å². The third-order valence-electron chi connectivity index (χ3n) is 9.83. The van der Waals surface area contributed by atoms with Crippen LogP contribution >= 0.6 is 0 Å². The molecule has 2 saturated carbocycles. The molecule has 2 atom stereocenters. The number of benzene rings is 2. The molecule has 6 rings (SSSR count).